The topological polar surface area (TPSA) is 74.7 Å². The van der Waals surface area contributed by atoms with Crippen molar-refractivity contribution < 1.29 is 18.3 Å². The summed E-state index contributed by atoms with van der Waals surface area (Å²) in [5.74, 6) is -0.796. The molecular formula is C13H17NO4S. The molecule has 0 amide bonds. The van der Waals surface area contributed by atoms with Crippen molar-refractivity contribution in [1.82, 2.24) is 0 Å². The van der Waals surface area contributed by atoms with Crippen LogP contribution in [0.1, 0.15) is 24.8 Å². The smallest absolute Gasteiger partial charge is 0.304 e. The summed E-state index contributed by atoms with van der Waals surface area (Å²) in [4.78, 5) is 10.8. The van der Waals surface area contributed by atoms with Gasteiger partial charge in [0.05, 0.1) is 18.4 Å². The third-order valence-corrected chi connectivity index (χ3v) is 4.89. The van der Waals surface area contributed by atoms with Crippen LogP contribution in [0, 0.1) is 0 Å². The highest BCUT2D eigenvalue weighted by molar-refractivity contribution is 7.92. The van der Waals surface area contributed by atoms with Gasteiger partial charge in [0, 0.05) is 12.5 Å². The summed E-state index contributed by atoms with van der Waals surface area (Å²) in [6.07, 6.45) is 3.03. The lowest BCUT2D eigenvalue weighted by Crippen LogP contribution is -2.24. The highest BCUT2D eigenvalue weighted by atomic mass is 32.2. The van der Waals surface area contributed by atoms with Crippen LogP contribution in [0.15, 0.2) is 24.3 Å². The van der Waals surface area contributed by atoms with Crippen LogP contribution in [-0.4, -0.2) is 32.8 Å². The third kappa shape index (κ3) is 2.89. The SMILES string of the molecule is CN(c1ccc(C2(CC(=O)O)CC2)cc1)S(C)(=O)=O. The summed E-state index contributed by atoms with van der Waals surface area (Å²) < 4.78 is 24.0. The molecule has 1 saturated carbocycles. The number of anilines is 1. The van der Waals surface area contributed by atoms with Crippen molar-refractivity contribution in [3.63, 3.8) is 0 Å². The molecule has 1 N–H and O–H groups in total. The normalized spacial score (nSPS) is 16.9. The minimum Gasteiger partial charge on any atom is -0.481 e. The monoisotopic (exact) mass is 283 g/mol. The van der Waals surface area contributed by atoms with Crippen molar-refractivity contribution in [2.45, 2.75) is 24.7 Å². The van der Waals surface area contributed by atoms with E-state index in [4.69, 9.17) is 5.11 Å². The van der Waals surface area contributed by atoms with Gasteiger partial charge in [0.1, 0.15) is 0 Å². The molecule has 1 aromatic rings. The Bertz CT molecular complexity index is 588. The first-order valence-electron chi connectivity index (χ1n) is 6.01. The largest absolute Gasteiger partial charge is 0.481 e. The molecule has 1 aromatic carbocycles. The Morgan fingerprint density at radius 1 is 1.32 bits per heavy atom. The molecule has 0 spiro atoms. The Kier molecular flexibility index (Phi) is 3.30. The first-order chi connectivity index (χ1) is 8.74. The number of hydrogen-bond acceptors (Lipinski definition) is 3. The molecule has 1 aliphatic carbocycles. The first-order valence-corrected chi connectivity index (χ1v) is 7.86. The summed E-state index contributed by atoms with van der Waals surface area (Å²) >= 11 is 0. The maximum atomic E-state index is 11.4. The number of rotatable bonds is 5. The summed E-state index contributed by atoms with van der Waals surface area (Å²) in [5.41, 5.74) is 1.31. The zero-order valence-corrected chi connectivity index (χ0v) is 11.8. The predicted molar refractivity (Wildman–Crippen MR) is 72.9 cm³/mol. The van der Waals surface area contributed by atoms with Crippen molar-refractivity contribution in [3.05, 3.63) is 29.8 Å². The minimum atomic E-state index is -3.27. The third-order valence-electron chi connectivity index (χ3n) is 3.68. The van der Waals surface area contributed by atoms with Gasteiger partial charge in [0.2, 0.25) is 10.0 Å². The van der Waals surface area contributed by atoms with E-state index in [9.17, 15) is 13.2 Å². The zero-order valence-electron chi connectivity index (χ0n) is 11.0. The van der Waals surface area contributed by atoms with Crippen LogP contribution in [0.5, 0.6) is 0 Å². The fourth-order valence-electron chi connectivity index (χ4n) is 2.22. The fourth-order valence-corrected chi connectivity index (χ4v) is 2.73. The van der Waals surface area contributed by atoms with E-state index < -0.39 is 16.0 Å². The number of nitrogens with zero attached hydrogens (tertiary/aromatic N) is 1. The molecule has 19 heavy (non-hydrogen) atoms. The summed E-state index contributed by atoms with van der Waals surface area (Å²) in [6.45, 7) is 0. The quantitative estimate of drug-likeness (QED) is 0.890. The van der Waals surface area contributed by atoms with Crippen LogP contribution in [0.25, 0.3) is 0 Å². The molecule has 0 radical (unpaired) electrons. The maximum Gasteiger partial charge on any atom is 0.304 e. The highest BCUT2D eigenvalue weighted by Gasteiger charge is 2.45. The van der Waals surface area contributed by atoms with Crippen molar-refractivity contribution in [2.75, 3.05) is 17.6 Å². The molecule has 104 valence electrons. The summed E-state index contributed by atoms with van der Waals surface area (Å²) in [6, 6.07) is 7.09. The van der Waals surface area contributed by atoms with Crippen LogP contribution in [0.2, 0.25) is 0 Å². The standard InChI is InChI=1S/C13H17NO4S/c1-14(19(2,17)18)11-5-3-10(4-6-11)13(7-8-13)9-12(15)16/h3-6H,7-9H2,1-2H3,(H,15,16). The van der Waals surface area contributed by atoms with Crippen molar-refractivity contribution in [3.8, 4) is 0 Å². The van der Waals surface area contributed by atoms with E-state index in [2.05, 4.69) is 0 Å². The van der Waals surface area contributed by atoms with Gasteiger partial charge >= 0.3 is 5.97 Å². The van der Waals surface area contributed by atoms with Crippen molar-refractivity contribution >= 4 is 21.7 Å². The second-order valence-electron chi connectivity index (χ2n) is 5.13. The molecular weight excluding hydrogens is 266 g/mol. The van der Waals surface area contributed by atoms with Gasteiger partial charge in [-0.1, -0.05) is 12.1 Å². The molecule has 0 heterocycles. The Hall–Kier alpha value is -1.56. The molecule has 1 fully saturated rings. The number of aliphatic carboxylic acids is 1. The first kappa shape index (κ1) is 13.9. The Morgan fingerprint density at radius 3 is 2.21 bits per heavy atom. The lowest BCUT2D eigenvalue weighted by Gasteiger charge is -2.18. The molecule has 0 bridgehead atoms. The molecule has 0 aliphatic heterocycles. The average Bonchev–Trinajstić information content (AvgIpc) is 3.07. The molecule has 6 heteroatoms. The second kappa shape index (κ2) is 4.52. The van der Waals surface area contributed by atoms with E-state index in [1.807, 2.05) is 12.1 Å². The van der Waals surface area contributed by atoms with Gasteiger partial charge in [-0.2, -0.15) is 0 Å². The van der Waals surface area contributed by atoms with E-state index in [-0.39, 0.29) is 11.8 Å². The second-order valence-corrected chi connectivity index (χ2v) is 7.14. The van der Waals surface area contributed by atoms with Gasteiger partial charge in [0.15, 0.2) is 0 Å². The Balaban J connectivity index is 2.22. The van der Waals surface area contributed by atoms with E-state index in [1.165, 1.54) is 11.4 Å². The summed E-state index contributed by atoms with van der Waals surface area (Å²) in [5, 5.41) is 8.91. The van der Waals surface area contributed by atoms with Gasteiger partial charge in [-0.3, -0.25) is 9.10 Å². The van der Waals surface area contributed by atoms with Crippen molar-refractivity contribution in [1.29, 1.82) is 0 Å². The molecule has 0 saturated heterocycles. The van der Waals surface area contributed by atoms with Crippen LogP contribution in [0.3, 0.4) is 0 Å². The summed E-state index contributed by atoms with van der Waals surface area (Å²) in [7, 11) is -1.77. The van der Waals surface area contributed by atoms with Gasteiger partial charge in [0.25, 0.3) is 0 Å². The van der Waals surface area contributed by atoms with E-state index in [1.54, 1.807) is 12.1 Å². The van der Waals surface area contributed by atoms with Crippen molar-refractivity contribution in [2.24, 2.45) is 0 Å². The number of hydrogen-bond donors (Lipinski definition) is 1. The van der Waals surface area contributed by atoms with Gasteiger partial charge in [-0.05, 0) is 30.5 Å². The maximum absolute atomic E-state index is 11.4. The lowest BCUT2D eigenvalue weighted by atomic mass is 9.92. The van der Waals surface area contributed by atoms with E-state index in [0.717, 1.165) is 24.7 Å². The fraction of sp³-hybridized carbons (Fsp3) is 0.462. The predicted octanol–water partition coefficient (Wildman–Crippen LogP) is 1.59. The number of carbonyl (C=O) groups is 1. The van der Waals surface area contributed by atoms with Gasteiger partial charge in [-0.15, -0.1) is 0 Å². The number of carboxylic acid groups (broad SMARTS) is 1. The molecule has 0 atom stereocenters. The lowest BCUT2D eigenvalue weighted by molar-refractivity contribution is -0.137. The zero-order chi connectivity index (χ0) is 14.3. The molecule has 1 aliphatic rings. The van der Waals surface area contributed by atoms with E-state index >= 15 is 0 Å². The van der Waals surface area contributed by atoms with Crippen LogP contribution < -0.4 is 4.31 Å². The van der Waals surface area contributed by atoms with E-state index in [0.29, 0.717) is 5.69 Å². The molecule has 5 nitrogen and oxygen atoms in total. The van der Waals surface area contributed by atoms with Crippen LogP contribution in [-0.2, 0) is 20.2 Å². The number of carboxylic acids is 1. The van der Waals surface area contributed by atoms with Crippen LogP contribution >= 0.6 is 0 Å². The molecule has 2 rings (SSSR count). The van der Waals surface area contributed by atoms with Crippen LogP contribution in [0.4, 0.5) is 5.69 Å². The number of sulfonamides is 1. The van der Waals surface area contributed by atoms with Gasteiger partial charge in [-0.25, -0.2) is 8.42 Å². The Morgan fingerprint density at radius 2 is 1.84 bits per heavy atom. The average molecular weight is 283 g/mol. The Labute approximate surface area is 112 Å². The molecule has 0 unspecified atom stereocenters. The van der Waals surface area contributed by atoms with Gasteiger partial charge < -0.3 is 5.11 Å². The number of benzene rings is 1. The molecule has 0 aromatic heterocycles. The minimum absolute atomic E-state index is 0.133. The highest BCUT2D eigenvalue weighted by Crippen LogP contribution is 2.51.